The second kappa shape index (κ2) is 12.2. The molecule has 224 valence electrons. The van der Waals surface area contributed by atoms with Crippen LogP contribution in [0.4, 0.5) is 0 Å². The first-order valence-corrected chi connectivity index (χ1v) is 15.5. The van der Waals surface area contributed by atoms with E-state index in [2.05, 4.69) is 31.9 Å². The Morgan fingerprint density at radius 2 is 1.75 bits per heavy atom. The van der Waals surface area contributed by atoms with Crippen LogP contribution in [-0.4, -0.2) is 63.8 Å². The van der Waals surface area contributed by atoms with Gasteiger partial charge in [0.05, 0.1) is 30.0 Å². The van der Waals surface area contributed by atoms with Crippen LogP contribution in [0, 0.1) is 17.3 Å². The lowest BCUT2D eigenvalue weighted by atomic mass is 9.66. The molecule has 0 unspecified atom stereocenters. The third kappa shape index (κ3) is 6.54. The van der Waals surface area contributed by atoms with Gasteiger partial charge in [-0.05, 0) is 59.3 Å². The van der Waals surface area contributed by atoms with Crippen LogP contribution in [0.1, 0.15) is 78.2 Å². The van der Waals surface area contributed by atoms with Gasteiger partial charge in [0.1, 0.15) is 18.0 Å². The van der Waals surface area contributed by atoms with Crippen molar-refractivity contribution in [1.29, 1.82) is 0 Å². The number of esters is 2. The maximum absolute atomic E-state index is 12.9. The summed E-state index contributed by atoms with van der Waals surface area (Å²) in [6.45, 7) is 7.30. The summed E-state index contributed by atoms with van der Waals surface area (Å²) in [7, 11) is 0. The zero-order valence-electron chi connectivity index (χ0n) is 23.5. The summed E-state index contributed by atoms with van der Waals surface area (Å²) in [5.74, 6) is -4.86. The second-order valence-corrected chi connectivity index (χ2v) is 14.0. The largest absolute Gasteiger partial charge is 0.507 e. The molecule has 3 N–H and O–H groups in total. The van der Waals surface area contributed by atoms with Crippen LogP contribution in [0.5, 0.6) is 5.75 Å². The van der Waals surface area contributed by atoms with Crippen LogP contribution in [0.2, 0.25) is 0 Å². The van der Waals surface area contributed by atoms with Crippen LogP contribution < -0.4 is 0 Å². The highest BCUT2D eigenvalue weighted by Gasteiger charge is 2.64. The van der Waals surface area contributed by atoms with Gasteiger partial charge in [-0.2, -0.15) is 0 Å². The Bertz CT molecular complexity index is 1110. The van der Waals surface area contributed by atoms with Gasteiger partial charge in [-0.1, -0.05) is 50.0 Å². The van der Waals surface area contributed by atoms with Gasteiger partial charge in [-0.3, -0.25) is 9.59 Å². The molecule has 3 aliphatic rings. The van der Waals surface area contributed by atoms with Crippen molar-refractivity contribution in [2.75, 3.05) is 6.61 Å². The van der Waals surface area contributed by atoms with E-state index in [0.717, 1.165) is 29.3 Å². The van der Waals surface area contributed by atoms with Crippen molar-refractivity contribution in [2.24, 2.45) is 17.3 Å². The van der Waals surface area contributed by atoms with Crippen molar-refractivity contribution in [3.05, 3.63) is 26.6 Å². The molecular formula is C29H40Br2O9. The molecule has 0 saturated carbocycles. The quantitative estimate of drug-likeness (QED) is 0.274. The molecule has 1 aromatic carbocycles. The first-order chi connectivity index (χ1) is 18.7. The average Bonchev–Trinajstić information content (AvgIpc) is 2.85. The topological polar surface area (TPSA) is 132 Å². The number of carbonyl (C=O) groups is 2. The number of aliphatic hydroxyl groups excluding tert-OH is 1. The Balaban J connectivity index is 1.58. The number of carbonyl (C=O) groups excluding carboxylic acids is 2. The van der Waals surface area contributed by atoms with E-state index in [4.69, 9.17) is 18.9 Å². The summed E-state index contributed by atoms with van der Waals surface area (Å²) in [5.41, 5.74) is 0.431. The normalized spacial score (nSPS) is 36.1. The zero-order chi connectivity index (χ0) is 29.5. The minimum Gasteiger partial charge on any atom is -0.507 e. The molecule has 0 aliphatic carbocycles. The predicted molar refractivity (Wildman–Crippen MR) is 152 cm³/mol. The fourth-order valence-electron chi connectivity index (χ4n) is 6.29. The maximum Gasteiger partial charge on any atom is 0.311 e. The van der Waals surface area contributed by atoms with Gasteiger partial charge in [-0.15, -0.1) is 0 Å². The Hall–Kier alpha value is -1.24. The number of cyclic esters (lactones) is 1. The molecule has 3 aliphatic heterocycles. The maximum atomic E-state index is 12.9. The standard InChI is InChI=1S/C29H40Br2O9/c1-16-12-27(3,4)29-13-24(38-25(34)10-19(15-32)37-26(35)14-28(16,36)40-29)17(2)23(39-29)8-6-5-7-18-9-22(33)21(31)11-20(18)30/h9,11,16-17,19,23-24,32-33,36H,5-8,10,12-15H2,1-4H3/t16-,17-,19-,23-,24+,28+,29+/m1/s1. The van der Waals surface area contributed by atoms with Crippen molar-refractivity contribution in [3.63, 3.8) is 0 Å². The summed E-state index contributed by atoms with van der Waals surface area (Å²) in [4.78, 5) is 25.6. The smallest absolute Gasteiger partial charge is 0.311 e. The first kappa shape index (κ1) is 31.7. The van der Waals surface area contributed by atoms with Gasteiger partial charge in [0.2, 0.25) is 0 Å². The van der Waals surface area contributed by atoms with Crippen LogP contribution in [-0.2, 0) is 35.0 Å². The van der Waals surface area contributed by atoms with Crippen molar-refractivity contribution >= 4 is 43.8 Å². The number of halogens is 2. The molecule has 40 heavy (non-hydrogen) atoms. The second-order valence-electron chi connectivity index (χ2n) is 12.3. The lowest BCUT2D eigenvalue weighted by molar-refractivity contribution is -0.449. The lowest BCUT2D eigenvalue weighted by Gasteiger charge is -2.60. The summed E-state index contributed by atoms with van der Waals surface area (Å²) >= 11 is 6.89. The number of hydrogen-bond acceptors (Lipinski definition) is 9. The molecule has 9 nitrogen and oxygen atoms in total. The van der Waals surface area contributed by atoms with Crippen molar-refractivity contribution in [3.8, 4) is 5.75 Å². The van der Waals surface area contributed by atoms with E-state index in [1.807, 2.05) is 33.8 Å². The fraction of sp³-hybridized carbons (Fsp3) is 0.724. The molecule has 1 spiro atoms. The molecule has 11 heteroatoms. The number of fused-ring (bicyclic) bond motifs is 2. The monoisotopic (exact) mass is 690 g/mol. The van der Waals surface area contributed by atoms with Crippen LogP contribution >= 0.6 is 31.9 Å². The lowest BCUT2D eigenvalue weighted by Crippen LogP contribution is -2.68. The van der Waals surface area contributed by atoms with Crippen LogP contribution in [0.25, 0.3) is 0 Å². The van der Waals surface area contributed by atoms with Gasteiger partial charge in [0, 0.05) is 28.1 Å². The third-order valence-corrected chi connectivity index (χ3v) is 10.2. The molecule has 4 rings (SSSR count). The molecule has 3 fully saturated rings. The zero-order valence-corrected chi connectivity index (χ0v) is 26.6. The number of phenolic OH excluding ortho intramolecular Hbond substituents is 1. The summed E-state index contributed by atoms with van der Waals surface area (Å²) < 4.78 is 26.0. The van der Waals surface area contributed by atoms with Gasteiger partial charge in [0.15, 0.2) is 11.6 Å². The molecule has 0 radical (unpaired) electrons. The number of unbranched alkanes of at least 4 members (excludes halogenated alkanes) is 1. The number of aromatic hydroxyl groups is 1. The summed E-state index contributed by atoms with van der Waals surface area (Å²) in [6, 6.07) is 3.57. The number of hydrogen-bond donors (Lipinski definition) is 3. The molecule has 3 saturated heterocycles. The highest BCUT2D eigenvalue weighted by Crippen LogP contribution is 2.56. The number of phenols is 1. The number of ether oxygens (including phenoxy) is 4. The van der Waals surface area contributed by atoms with Gasteiger partial charge >= 0.3 is 11.9 Å². The minimum absolute atomic E-state index is 0.164. The molecule has 7 atom stereocenters. The SMILES string of the molecule is C[C@H]1[C@@H]2C[C@]3(O[C@@H]1CCCCc1cc(O)c(Br)cc1Br)O[C@@](O)(CC(=O)O[C@@H](CO)CC(=O)O2)[C@H](C)CC3(C)C. The van der Waals surface area contributed by atoms with Crippen molar-refractivity contribution < 1.29 is 43.9 Å². The molecule has 3 heterocycles. The number of aliphatic hydroxyl groups is 2. The number of benzene rings is 1. The highest BCUT2D eigenvalue weighted by molar-refractivity contribution is 9.11. The Morgan fingerprint density at radius 3 is 2.45 bits per heavy atom. The molecule has 3 bridgehead atoms. The Labute approximate surface area is 252 Å². The molecule has 1 aromatic rings. The predicted octanol–water partition coefficient (Wildman–Crippen LogP) is 5.13. The molecule has 0 aromatic heterocycles. The van der Waals surface area contributed by atoms with E-state index in [-0.39, 0.29) is 30.6 Å². The minimum atomic E-state index is -1.85. The van der Waals surface area contributed by atoms with E-state index in [9.17, 15) is 24.9 Å². The Morgan fingerprint density at radius 1 is 1.02 bits per heavy atom. The van der Waals surface area contributed by atoms with Crippen molar-refractivity contribution in [2.45, 2.75) is 109 Å². The number of rotatable bonds is 6. The number of aryl methyl sites for hydroxylation is 1. The van der Waals surface area contributed by atoms with E-state index < -0.39 is 60.1 Å². The Kier molecular flexibility index (Phi) is 9.64. The first-order valence-electron chi connectivity index (χ1n) is 14.0. The van der Waals surface area contributed by atoms with E-state index in [0.29, 0.717) is 17.3 Å². The fourth-order valence-corrected chi connectivity index (χ4v) is 7.48. The van der Waals surface area contributed by atoms with E-state index in [1.54, 1.807) is 6.07 Å². The van der Waals surface area contributed by atoms with Crippen LogP contribution in [0.3, 0.4) is 0 Å². The van der Waals surface area contributed by atoms with E-state index in [1.165, 1.54) is 0 Å². The average molecular weight is 692 g/mol. The summed E-state index contributed by atoms with van der Waals surface area (Å²) in [5, 5.41) is 31.4. The van der Waals surface area contributed by atoms with Gasteiger partial charge in [0.25, 0.3) is 0 Å². The molecular weight excluding hydrogens is 652 g/mol. The molecule has 0 amide bonds. The van der Waals surface area contributed by atoms with E-state index >= 15 is 0 Å². The van der Waals surface area contributed by atoms with Crippen LogP contribution in [0.15, 0.2) is 21.1 Å². The third-order valence-electron chi connectivity index (χ3n) is 8.82. The van der Waals surface area contributed by atoms with Gasteiger partial charge in [-0.25, -0.2) is 0 Å². The van der Waals surface area contributed by atoms with Gasteiger partial charge < -0.3 is 34.3 Å². The summed E-state index contributed by atoms with van der Waals surface area (Å²) in [6.07, 6.45) is 1.06. The highest BCUT2D eigenvalue weighted by atomic mass is 79.9. The van der Waals surface area contributed by atoms with Crippen molar-refractivity contribution in [1.82, 2.24) is 0 Å².